The molecule has 0 saturated carbocycles. The molecule has 30 heavy (non-hydrogen) atoms. The van der Waals surface area contributed by atoms with E-state index in [2.05, 4.69) is 9.97 Å². The van der Waals surface area contributed by atoms with Gasteiger partial charge in [-0.1, -0.05) is 48.5 Å². The summed E-state index contributed by atoms with van der Waals surface area (Å²) in [6.07, 6.45) is 3.71. The first kappa shape index (κ1) is 18.3. The fraction of sp³-hybridized carbons (Fsp3) is 0.0870. The molecule has 0 spiro atoms. The predicted octanol–water partition coefficient (Wildman–Crippen LogP) is 4.51. The average molecular weight is 415 g/mol. The molecule has 0 atom stereocenters. The highest BCUT2D eigenvalue weighted by molar-refractivity contribution is 7.15. The number of para-hydroxylation sites is 1. The number of hydrogen-bond acceptors (Lipinski definition) is 5. The van der Waals surface area contributed by atoms with Crippen molar-refractivity contribution in [2.45, 2.75) is 6.42 Å². The van der Waals surface area contributed by atoms with Crippen LogP contribution in [0.25, 0.3) is 27.1 Å². The Morgan fingerprint density at radius 3 is 2.70 bits per heavy atom. The Morgan fingerprint density at radius 2 is 1.87 bits per heavy atom. The van der Waals surface area contributed by atoms with E-state index in [1.165, 1.54) is 11.3 Å². The van der Waals surface area contributed by atoms with Gasteiger partial charge in [0.15, 0.2) is 11.6 Å². The number of aromatic amines is 1. The van der Waals surface area contributed by atoms with Gasteiger partial charge in [0.05, 0.1) is 23.4 Å². The molecule has 5 rings (SSSR count). The van der Waals surface area contributed by atoms with Crippen LogP contribution in [0.1, 0.15) is 16.1 Å². The van der Waals surface area contributed by atoms with Crippen molar-refractivity contribution in [2.75, 3.05) is 6.61 Å². The molecular weight excluding hydrogens is 398 g/mol. The molecule has 7 heteroatoms. The Hall–Kier alpha value is -3.71. The summed E-state index contributed by atoms with van der Waals surface area (Å²) in [6.45, 7) is -0.317. The van der Waals surface area contributed by atoms with Crippen molar-refractivity contribution in [1.29, 1.82) is 0 Å². The molecule has 0 unspecified atom stereocenters. The number of esters is 1. The summed E-state index contributed by atoms with van der Waals surface area (Å²) >= 11 is 1.49. The predicted molar refractivity (Wildman–Crippen MR) is 116 cm³/mol. The monoisotopic (exact) mass is 415 g/mol. The van der Waals surface area contributed by atoms with Gasteiger partial charge in [0.1, 0.15) is 0 Å². The molecular formula is C23H17N3O3S. The fourth-order valence-electron chi connectivity index (χ4n) is 3.53. The maximum atomic E-state index is 13.1. The van der Waals surface area contributed by atoms with Crippen molar-refractivity contribution in [2.24, 2.45) is 0 Å². The zero-order chi connectivity index (χ0) is 20.5. The molecule has 0 bridgehead atoms. The SMILES string of the molecule is O=C(Cc1cn2ccsc2n1)OCC(=O)c1c(-c2ccccc2)[nH]c2ccccc12. The Morgan fingerprint density at radius 1 is 1.07 bits per heavy atom. The van der Waals surface area contributed by atoms with Gasteiger partial charge in [0.25, 0.3) is 0 Å². The third-order valence-electron chi connectivity index (χ3n) is 4.88. The summed E-state index contributed by atoms with van der Waals surface area (Å²) in [6, 6.07) is 17.3. The minimum absolute atomic E-state index is 0.0289. The second kappa shape index (κ2) is 7.61. The summed E-state index contributed by atoms with van der Waals surface area (Å²) in [5.41, 5.74) is 3.65. The number of aromatic nitrogens is 3. The number of rotatable bonds is 6. The number of benzene rings is 2. The van der Waals surface area contributed by atoms with E-state index >= 15 is 0 Å². The number of nitrogens with one attached hydrogen (secondary N) is 1. The van der Waals surface area contributed by atoms with E-state index in [1.807, 2.05) is 70.6 Å². The first-order chi connectivity index (χ1) is 14.7. The lowest BCUT2D eigenvalue weighted by atomic mass is 10.0. The zero-order valence-corrected chi connectivity index (χ0v) is 16.7. The van der Waals surface area contributed by atoms with E-state index in [1.54, 1.807) is 6.20 Å². The van der Waals surface area contributed by atoms with Gasteiger partial charge in [-0.2, -0.15) is 0 Å². The highest BCUT2D eigenvalue weighted by atomic mass is 32.1. The van der Waals surface area contributed by atoms with Crippen molar-refractivity contribution >= 4 is 39.0 Å². The molecule has 0 aliphatic heterocycles. The van der Waals surface area contributed by atoms with Crippen LogP contribution in [0, 0.1) is 0 Å². The standard InChI is InChI=1S/C23H17N3O3S/c27-19(14-29-20(28)12-16-13-26-10-11-30-23(26)24-16)21-17-8-4-5-9-18(17)25-22(21)15-6-2-1-3-7-15/h1-11,13,25H,12,14H2. The Balaban J connectivity index is 1.36. The number of ketones is 1. The van der Waals surface area contributed by atoms with Crippen LogP contribution in [-0.4, -0.2) is 32.7 Å². The quantitative estimate of drug-likeness (QED) is 0.327. The van der Waals surface area contributed by atoms with Gasteiger partial charge in [0, 0.05) is 28.7 Å². The number of fused-ring (bicyclic) bond motifs is 2. The molecule has 0 aliphatic carbocycles. The van der Waals surface area contributed by atoms with Gasteiger partial charge < -0.3 is 9.72 Å². The lowest BCUT2D eigenvalue weighted by Gasteiger charge is -2.06. The van der Waals surface area contributed by atoms with Gasteiger partial charge in [-0.25, -0.2) is 4.98 Å². The molecule has 0 fully saturated rings. The number of carbonyl (C=O) groups is 2. The first-order valence-electron chi connectivity index (χ1n) is 9.45. The largest absolute Gasteiger partial charge is 0.457 e. The third-order valence-corrected chi connectivity index (χ3v) is 5.65. The van der Waals surface area contributed by atoms with Crippen LogP contribution in [-0.2, 0) is 16.0 Å². The smallest absolute Gasteiger partial charge is 0.312 e. The van der Waals surface area contributed by atoms with Gasteiger partial charge in [-0.15, -0.1) is 11.3 Å². The zero-order valence-electron chi connectivity index (χ0n) is 15.9. The summed E-state index contributed by atoms with van der Waals surface area (Å²) in [4.78, 5) is 33.9. The van der Waals surface area contributed by atoms with Crippen LogP contribution in [0.2, 0.25) is 0 Å². The number of carbonyl (C=O) groups excluding carboxylic acids is 2. The van der Waals surface area contributed by atoms with E-state index in [-0.39, 0.29) is 18.8 Å². The summed E-state index contributed by atoms with van der Waals surface area (Å²) in [5, 5.41) is 2.74. The number of Topliss-reactive ketones (excluding diaryl/α,β-unsaturated/α-hetero) is 1. The topological polar surface area (TPSA) is 76.5 Å². The van der Waals surface area contributed by atoms with Crippen molar-refractivity contribution < 1.29 is 14.3 Å². The second-order valence-electron chi connectivity index (χ2n) is 6.87. The highest BCUT2D eigenvalue weighted by Gasteiger charge is 2.21. The van der Waals surface area contributed by atoms with Crippen LogP contribution in [0.4, 0.5) is 0 Å². The Labute approximate surface area is 175 Å². The van der Waals surface area contributed by atoms with Crippen molar-refractivity contribution in [3.63, 3.8) is 0 Å². The minimum Gasteiger partial charge on any atom is -0.457 e. The molecule has 0 radical (unpaired) electrons. The van der Waals surface area contributed by atoms with Crippen molar-refractivity contribution in [1.82, 2.24) is 14.4 Å². The molecule has 1 N–H and O–H groups in total. The van der Waals surface area contributed by atoms with E-state index in [0.29, 0.717) is 11.3 Å². The molecule has 2 aromatic carbocycles. The summed E-state index contributed by atoms with van der Waals surface area (Å²) in [5.74, 6) is -0.722. The normalized spacial score (nSPS) is 11.2. The first-order valence-corrected chi connectivity index (χ1v) is 10.3. The molecule has 0 saturated heterocycles. The maximum absolute atomic E-state index is 13.1. The Kier molecular flexibility index (Phi) is 4.65. The molecule has 3 heterocycles. The Bertz CT molecular complexity index is 1340. The van der Waals surface area contributed by atoms with Gasteiger partial charge in [-0.3, -0.25) is 14.0 Å². The van der Waals surface area contributed by atoms with Gasteiger partial charge >= 0.3 is 5.97 Å². The van der Waals surface area contributed by atoms with Crippen molar-refractivity contribution in [3.8, 4) is 11.3 Å². The molecule has 6 nitrogen and oxygen atoms in total. The molecule has 5 aromatic rings. The number of hydrogen-bond donors (Lipinski definition) is 1. The number of H-pyrrole nitrogens is 1. The fourth-order valence-corrected chi connectivity index (χ4v) is 4.25. The summed E-state index contributed by atoms with van der Waals surface area (Å²) in [7, 11) is 0. The molecule has 0 aliphatic rings. The minimum atomic E-state index is -0.477. The number of nitrogens with zero attached hydrogens (tertiary/aromatic N) is 2. The van der Waals surface area contributed by atoms with Crippen LogP contribution in [0.15, 0.2) is 72.4 Å². The van der Waals surface area contributed by atoms with Crippen molar-refractivity contribution in [3.05, 3.63) is 83.6 Å². The number of thiazole rings is 1. The van der Waals surface area contributed by atoms with Gasteiger partial charge in [-0.05, 0) is 11.6 Å². The van der Waals surface area contributed by atoms with Crippen LogP contribution in [0.3, 0.4) is 0 Å². The van der Waals surface area contributed by atoms with Crippen LogP contribution in [0.5, 0.6) is 0 Å². The second-order valence-corrected chi connectivity index (χ2v) is 7.75. The molecule has 0 amide bonds. The highest BCUT2D eigenvalue weighted by Crippen LogP contribution is 2.30. The lowest BCUT2D eigenvalue weighted by molar-refractivity contribution is -0.141. The van der Waals surface area contributed by atoms with Gasteiger partial charge in [0.2, 0.25) is 5.78 Å². The van der Waals surface area contributed by atoms with E-state index in [9.17, 15) is 9.59 Å². The lowest BCUT2D eigenvalue weighted by Crippen LogP contribution is -2.16. The van der Waals surface area contributed by atoms with Crippen LogP contribution < -0.4 is 0 Å². The summed E-state index contributed by atoms with van der Waals surface area (Å²) < 4.78 is 7.15. The number of ether oxygens (including phenoxy) is 1. The van der Waals surface area contributed by atoms with E-state index in [4.69, 9.17) is 4.74 Å². The third kappa shape index (κ3) is 3.40. The number of imidazole rings is 1. The van der Waals surface area contributed by atoms with E-state index < -0.39 is 5.97 Å². The van der Waals surface area contributed by atoms with E-state index in [0.717, 1.165) is 27.1 Å². The average Bonchev–Trinajstić information content (AvgIpc) is 3.45. The molecule has 148 valence electrons. The van der Waals surface area contributed by atoms with Crippen LogP contribution >= 0.6 is 11.3 Å². The maximum Gasteiger partial charge on any atom is 0.312 e. The molecule has 3 aromatic heterocycles.